The van der Waals surface area contributed by atoms with E-state index in [1.807, 2.05) is 0 Å². The molecule has 0 radical (unpaired) electrons. The topological polar surface area (TPSA) is 46.5 Å². The maximum absolute atomic E-state index is 13.2. The first-order valence-corrected chi connectivity index (χ1v) is 4.87. The molecule has 7 heteroatoms. The highest BCUT2D eigenvalue weighted by molar-refractivity contribution is 5.78. The Morgan fingerprint density at radius 1 is 1.22 bits per heavy atom. The van der Waals surface area contributed by atoms with Crippen molar-refractivity contribution >= 4 is 5.97 Å². The number of hydrogen-bond acceptors (Lipinski definition) is 3. The largest absolute Gasteiger partial charge is 0.420 e. The zero-order valence-electron chi connectivity index (χ0n) is 9.56. The lowest BCUT2D eigenvalue weighted by Crippen LogP contribution is -2.33. The van der Waals surface area contributed by atoms with Gasteiger partial charge in [0.15, 0.2) is 11.6 Å². The van der Waals surface area contributed by atoms with Gasteiger partial charge in [-0.15, -0.1) is 0 Å². The molecule has 0 atom stereocenters. The predicted molar refractivity (Wildman–Crippen MR) is 52.8 cm³/mol. The monoisotopic (exact) mass is 266 g/mol. The Kier molecular flexibility index (Phi) is 3.95. The number of benzene rings is 1. The quantitative estimate of drug-likeness (QED) is 0.395. The Hall–Kier alpha value is -1.63. The minimum absolute atomic E-state index is 0.000805. The van der Waals surface area contributed by atoms with Crippen molar-refractivity contribution in [1.82, 2.24) is 0 Å². The van der Waals surface area contributed by atoms with Gasteiger partial charge in [0.1, 0.15) is 0 Å². The zero-order valence-corrected chi connectivity index (χ0v) is 9.56. The molecule has 0 aliphatic heterocycles. The lowest BCUT2D eigenvalue weighted by Gasteiger charge is -2.19. The number of ether oxygens (including phenoxy) is 1. The van der Waals surface area contributed by atoms with Gasteiger partial charge in [0.2, 0.25) is 17.4 Å². The molecule has 1 N–H and O–H groups in total. The Balaban J connectivity index is 3.16. The first kappa shape index (κ1) is 14.4. The predicted octanol–water partition coefficient (Wildman–Crippen LogP) is 2.17. The molecule has 0 saturated carbocycles. The molecule has 0 aliphatic rings. The van der Waals surface area contributed by atoms with Crippen LogP contribution in [0.1, 0.15) is 13.8 Å². The third-order valence-corrected chi connectivity index (χ3v) is 2.21. The zero-order chi connectivity index (χ0) is 14.1. The van der Waals surface area contributed by atoms with E-state index >= 15 is 0 Å². The van der Waals surface area contributed by atoms with Crippen LogP contribution in [0.5, 0.6) is 5.75 Å². The Morgan fingerprint density at radius 2 is 1.67 bits per heavy atom. The molecule has 0 aromatic heterocycles. The molecule has 0 saturated heterocycles. The van der Waals surface area contributed by atoms with Crippen LogP contribution in [0.25, 0.3) is 0 Å². The standard InChI is InChI=1S/C11H10F4O3/c1-11(2,4-16)10(17)18-9-7(14)5(12)3-6(13)8(9)15/h3,16H,4H2,1-2H3. The molecule has 0 unspecified atom stereocenters. The molecule has 0 aliphatic carbocycles. The molecular weight excluding hydrogens is 256 g/mol. The van der Waals surface area contributed by atoms with Crippen molar-refractivity contribution in [2.75, 3.05) is 6.61 Å². The van der Waals surface area contributed by atoms with Crippen LogP contribution in [-0.4, -0.2) is 17.7 Å². The summed E-state index contributed by atoms with van der Waals surface area (Å²) in [7, 11) is 0. The minimum atomic E-state index is -1.81. The first-order valence-electron chi connectivity index (χ1n) is 4.87. The Morgan fingerprint density at radius 3 is 2.06 bits per heavy atom. The van der Waals surface area contributed by atoms with Gasteiger partial charge in [-0.2, -0.15) is 8.78 Å². The fourth-order valence-electron chi connectivity index (χ4n) is 0.936. The van der Waals surface area contributed by atoms with Crippen LogP contribution >= 0.6 is 0 Å². The summed E-state index contributed by atoms with van der Waals surface area (Å²) >= 11 is 0. The van der Waals surface area contributed by atoms with Gasteiger partial charge in [0.25, 0.3) is 0 Å². The van der Waals surface area contributed by atoms with Crippen LogP contribution in [-0.2, 0) is 4.79 Å². The van der Waals surface area contributed by atoms with Crippen molar-refractivity contribution in [1.29, 1.82) is 0 Å². The molecule has 0 fully saturated rings. The number of carbonyl (C=O) groups is 1. The smallest absolute Gasteiger partial charge is 0.319 e. The Labute approximate surface area is 100.0 Å². The normalized spacial score (nSPS) is 11.5. The third-order valence-electron chi connectivity index (χ3n) is 2.21. The molecule has 0 amide bonds. The SMILES string of the molecule is CC(C)(CO)C(=O)Oc1c(F)c(F)cc(F)c1F. The van der Waals surface area contributed by atoms with Gasteiger partial charge in [0, 0.05) is 6.07 Å². The van der Waals surface area contributed by atoms with Crippen molar-refractivity contribution in [2.45, 2.75) is 13.8 Å². The second kappa shape index (κ2) is 4.93. The van der Waals surface area contributed by atoms with Gasteiger partial charge in [0.05, 0.1) is 12.0 Å². The molecule has 100 valence electrons. The molecule has 1 rings (SSSR count). The van der Waals surface area contributed by atoms with Crippen molar-refractivity contribution in [3.63, 3.8) is 0 Å². The summed E-state index contributed by atoms with van der Waals surface area (Å²) in [6.07, 6.45) is 0. The van der Waals surface area contributed by atoms with E-state index < -0.39 is 47.0 Å². The summed E-state index contributed by atoms with van der Waals surface area (Å²) in [4.78, 5) is 11.4. The van der Waals surface area contributed by atoms with Crippen LogP contribution in [0.15, 0.2) is 6.07 Å². The molecular formula is C11H10F4O3. The van der Waals surface area contributed by atoms with Gasteiger partial charge >= 0.3 is 5.97 Å². The summed E-state index contributed by atoms with van der Waals surface area (Å²) in [6.45, 7) is 1.81. The first-order chi connectivity index (χ1) is 8.20. The highest BCUT2D eigenvalue weighted by atomic mass is 19.2. The average Bonchev–Trinajstić information content (AvgIpc) is 2.31. The maximum Gasteiger partial charge on any atom is 0.319 e. The van der Waals surface area contributed by atoms with E-state index in [-0.39, 0.29) is 6.07 Å². The third kappa shape index (κ3) is 2.61. The number of rotatable bonds is 3. The van der Waals surface area contributed by atoms with E-state index in [1.54, 1.807) is 0 Å². The number of carbonyl (C=O) groups excluding carboxylic acids is 1. The van der Waals surface area contributed by atoms with Crippen LogP contribution in [0.4, 0.5) is 17.6 Å². The van der Waals surface area contributed by atoms with Gasteiger partial charge in [-0.25, -0.2) is 8.78 Å². The highest BCUT2D eigenvalue weighted by Gasteiger charge is 2.32. The van der Waals surface area contributed by atoms with Crippen LogP contribution < -0.4 is 4.74 Å². The number of aliphatic hydroxyl groups is 1. The van der Waals surface area contributed by atoms with Gasteiger partial charge in [-0.3, -0.25) is 4.79 Å². The average molecular weight is 266 g/mol. The number of hydrogen-bond donors (Lipinski definition) is 1. The molecule has 0 spiro atoms. The lowest BCUT2D eigenvalue weighted by molar-refractivity contribution is -0.146. The van der Waals surface area contributed by atoms with Gasteiger partial charge in [-0.1, -0.05) is 0 Å². The second-order valence-electron chi connectivity index (χ2n) is 4.23. The van der Waals surface area contributed by atoms with Crippen molar-refractivity contribution < 1.29 is 32.2 Å². The number of esters is 1. The molecule has 1 aromatic carbocycles. The maximum atomic E-state index is 13.2. The van der Waals surface area contributed by atoms with E-state index in [0.717, 1.165) is 0 Å². The fraction of sp³-hybridized carbons (Fsp3) is 0.364. The van der Waals surface area contributed by atoms with E-state index in [2.05, 4.69) is 4.74 Å². The second-order valence-corrected chi connectivity index (χ2v) is 4.23. The van der Waals surface area contributed by atoms with Crippen molar-refractivity contribution in [2.24, 2.45) is 5.41 Å². The summed E-state index contributed by atoms with van der Waals surface area (Å²) in [5, 5.41) is 8.85. The van der Waals surface area contributed by atoms with E-state index in [0.29, 0.717) is 0 Å². The van der Waals surface area contributed by atoms with E-state index in [4.69, 9.17) is 5.11 Å². The summed E-state index contributed by atoms with van der Waals surface area (Å²) in [5.41, 5.74) is -1.46. The molecule has 3 nitrogen and oxygen atoms in total. The molecule has 0 heterocycles. The summed E-state index contributed by atoms with van der Waals surface area (Å²) in [5.74, 6) is -9.66. The van der Waals surface area contributed by atoms with Crippen molar-refractivity contribution in [3.05, 3.63) is 29.3 Å². The van der Waals surface area contributed by atoms with E-state index in [9.17, 15) is 22.4 Å². The molecule has 1 aromatic rings. The van der Waals surface area contributed by atoms with Crippen LogP contribution in [0.3, 0.4) is 0 Å². The minimum Gasteiger partial charge on any atom is -0.420 e. The Bertz CT molecular complexity index is 459. The molecule has 18 heavy (non-hydrogen) atoms. The number of aliphatic hydroxyl groups excluding tert-OH is 1. The van der Waals surface area contributed by atoms with Crippen molar-refractivity contribution in [3.8, 4) is 5.75 Å². The van der Waals surface area contributed by atoms with E-state index in [1.165, 1.54) is 13.8 Å². The van der Waals surface area contributed by atoms with Crippen LogP contribution in [0.2, 0.25) is 0 Å². The highest BCUT2D eigenvalue weighted by Crippen LogP contribution is 2.28. The number of halogens is 4. The lowest BCUT2D eigenvalue weighted by atomic mass is 9.95. The van der Waals surface area contributed by atoms with Gasteiger partial charge < -0.3 is 9.84 Å². The van der Waals surface area contributed by atoms with Gasteiger partial charge in [-0.05, 0) is 13.8 Å². The van der Waals surface area contributed by atoms with Crippen LogP contribution in [0, 0.1) is 28.7 Å². The fourth-order valence-corrected chi connectivity index (χ4v) is 0.936. The summed E-state index contributed by atoms with van der Waals surface area (Å²) < 4.78 is 56.3. The molecule has 0 bridgehead atoms. The summed E-state index contributed by atoms with van der Waals surface area (Å²) in [6, 6.07) is -0.000805.